The Kier molecular flexibility index (Phi) is 2.09. The number of carbonyl (C=O) groups excluding carboxylic acids is 1. The molecule has 0 atom stereocenters. The van der Waals surface area contributed by atoms with Crippen LogP contribution in [-0.2, 0) is 14.8 Å². The van der Waals surface area contributed by atoms with Crippen LogP contribution in [0.2, 0.25) is 0 Å². The molecule has 3 saturated carbocycles. The van der Waals surface area contributed by atoms with E-state index in [4.69, 9.17) is 0 Å². The van der Waals surface area contributed by atoms with Crippen LogP contribution < -0.4 is 4.72 Å². The van der Waals surface area contributed by atoms with Gasteiger partial charge in [-0.1, -0.05) is 20.8 Å². The molecule has 0 heterocycles. The van der Waals surface area contributed by atoms with Crippen LogP contribution in [0.4, 0.5) is 0 Å². The Bertz CT molecular complexity index is 425. The highest BCUT2D eigenvalue weighted by Gasteiger charge is 2.74. The predicted molar refractivity (Wildman–Crippen MR) is 61.2 cm³/mol. The summed E-state index contributed by atoms with van der Waals surface area (Å²) in [6.07, 6.45) is 3.54. The van der Waals surface area contributed by atoms with E-state index in [1.807, 2.05) is 0 Å². The molecule has 1 amide bonds. The number of sulfonamides is 1. The van der Waals surface area contributed by atoms with Gasteiger partial charge in [-0.15, -0.1) is 0 Å². The topological polar surface area (TPSA) is 63.2 Å². The van der Waals surface area contributed by atoms with Crippen LogP contribution in [0.1, 0.15) is 40.0 Å². The summed E-state index contributed by atoms with van der Waals surface area (Å²) in [6.45, 7) is 6.56. The highest BCUT2D eigenvalue weighted by atomic mass is 32.2. The minimum Gasteiger partial charge on any atom is -0.273 e. The summed E-state index contributed by atoms with van der Waals surface area (Å²) in [5, 5.41) is 0. The van der Waals surface area contributed by atoms with Crippen molar-refractivity contribution in [1.29, 1.82) is 0 Å². The molecule has 0 aromatic carbocycles. The second kappa shape index (κ2) is 2.81. The first kappa shape index (κ1) is 11.9. The summed E-state index contributed by atoms with van der Waals surface area (Å²) in [7, 11) is -3.41. The lowest BCUT2D eigenvalue weighted by molar-refractivity contribution is -0.247. The van der Waals surface area contributed by atoms with Crippen molar-refractivity contribution >= 4 is 15.9 Å². The van der Waals surface area contributed by atoms with E-state index in [0.717, 1.165) is 25.5 Å². The highest BCUT2D eigenvalue weighted by Crippen LogP contribution is 2.79. The Morgan fingerprint density at radius 1 is 1.19 bits per heavy atom. The van der Waals surface area contributed by atoms with Crippen molar-refractivity contribution in [3.05, 3.63) is 0 Å². The quantitative estimate of drug-likeness (QED) is 0.797. The van der Waals surface area contributed by atoms with Crippen molar-refractivity contribution in [3.8, 4) is 0 Å². The molecule has 3 fully saturated rings. The Labute approximate surface area is 96.8 Å². The van der Waals surface area contributed by atoms with E-state index in [0.29, 0.717) is 0 Å². The second-order valence-electron chi connectivity index (χ2n) is 6.54. The summed E-state index contributed by atoms with van der Waals surface area (Å²) in [5.74, 6) is -0.305. The van der Waals surface area contributed by atoms with Crippen molar-refractivity contribution in [3.63, 3.8) is 0 Å². The standard InChI is InChI=1S/C11H19NO3S/c1-9(2,3)11-5-10(6-11,7-11)8(13)12-16(4,14)15/h5-7H2,1-4H3,(H,12,13). The summed E-state index contributed by atoms with van der Waals surface area (Å²) >= 11 is 0. The average molecular weight is 245 g/mol. The van der Waals surface area contributed by atoms with Gasteiger partial charge in [-0.2, -0.15) is 0 Å². The van der Waals surface area contributed by atoms with Gasteiger partial charge in [0.1, 0.15) is 0 Å². The second-order valence-corrected chi connectivity index (χ2v) is 8.29. The molecule has 92 valence electrons. The molecule has 0 saturated heterocycles. The van der Waals surface area contributed by atoms with Gasteiger partial charge in [0.25, 0.3) is 0 Å². The molecule has 0 aromatic heterocycles. The Hall–Kier alpha value is -0.580. The molecule has 0 aromatic rings. The third-order valence-electron chi connectivity index (χ3n) is 4.38. The van der Waals surface area contributed by atoms with E-state index in [-0.39, 0.29) is 22.2 Å². The highest BCUT2D eigenvalue weighted by molar-refractivity contribution is 7.89. The molecule has 0 radical (unpaired) electrons. The molecule has 0 unspecified atom stereocenters. The Morgan fingerprint density at radius 3 is 1.94 bits per heavy atom. The number of rotatable bonds is 2. The number of carbonyl (C=O) groups is 1. The monoisotopic (exact) mass is 245 g/mol. The van der Waals surface area contributed by atoms with Gasteiger partial charge in [0.05, 0.1) is 11.7 Å². The molecule has 16 heavy (non-hydrogen) atoms. The maximum atomic E-state index is 11.8. The van der Waals surface area contributed by atoms with Crippen molar-refractivity contribution < 1.29 is 13.2 Å². The molecule has 2 bridgehead atoms. The molecule has 4 nitrogen and oxygen atoms in total. The van der Waals surface area contributed by atoms with Gasteiger partial charge in [-0.05, 0) is 30.1 Å². The number of nitrogens with one attached hydrogen (secondary N) is 1. The van der Waals surface area contributed by atoms with Crippen molar-refractivity contribution in [2.24, 2.45) is 16.2 Å². The molecule has 1 N–H and O–H groups in total. The normalized spacial score (nSPS) is 37.2. The average Bonchev–Trinajstić information content (AvgIpc) is 1.68. The van der Waals surface area contributed by atoms with Crippen molar-refractivity contribution in [2.45, 2.75) is 40.0 Å². The zero-order chi connectivity index (χ0) is 12.4. The lowest BCUT2D eigenvalue weighted by Gasteiger charge is -2.74. The molecule has 3 aliphatic rings. The first-order valence-electron chi connectivity index (χ1n) is 5.52. The van der Waals surface area contributed by atoms with Crippen LogP contribution >= 0.6 is 0 Å². The largest absolute Gasteiger partial charge is 0.273 e. The minimum atomic E-state index is -3.41. The van der Waals surface area contributed by atoms with Crippen LogP contribution in [0, 0.1) is 16.2 Å². The molecule has 5 heteroatoms. The van der Waals surface area contributed by atoms with Gasteiger partial charge in [0.15, 0.2) is 0 Å². The lowest BCUT2D eigenvalue weighted by atomic mass is 9.29. The van der Waals surface area contributed by atoms with Gasteiger partial charge in [-0.25, -0.2) is 8.42 Å². The van der Waals surface area contributed by atoms with E-state index in [1.165, 1.54) is 0 Å². The fourth-order valence-corrected chi connectivity index (χ4v) is 3.65. The molecular formula is C11H19NO3S. The van der Waals surface area contributed by atoms with Gasteiger partial charge in [-0.3, -0.25) is 9.52 Å². The number of hydrogen-bond acceptors (Lipinski definition) is 3. The molecule has 0 spiro atoms. The zero-order valence-corrected chi connectivity index (χ0v) is 11.1. The van der Waals surface area contributed by atoms with Crippen LogP contribution in [0.5, 0.6) is 0 Å². The maximum Gasteiger partial charge on any atom is 0.239 e. The van der Waals surface area contributed by atoms with Gasteiger partial charge >= 0.3 is 0 Å². The van der Waals surface area contributed by atoms with Crippen molar-refractivity contribution in [1.82, 2.24) is 4.72 Å². The first-order valence-corrected chi connectivity index (χ1v) is 7.41. The predicted octanol–water partition coefficient (Wildman–Crippen LogP) is 1.28. The Morgan fingerprint density at radius 2 is 1.62 bits per heavy atom. The van der Waals surface area contributed by atoms with E-state index in [9.17, 15) is 13.2 Å². The lowest BCUT2D eigenvalue weighted by Crippen LogP contribution is -2.71. The van der Waals surface area contributed by atoms with Crippen molar-refractivity contribution in [2.75, 3.05) is 6.26 Å². The maximum absolute atomic E-state index is 11.8. The third-order valence-corrected chi connectivity index (χ3v) is 4.94. The number of amides is 1. The van der Waals surface area contributed by atoms with Crippen LogP contribution in [0.15, 0.2) is 0 Å². The van der Waals surface area contributed by atoms with Gasteiger partial charge in [0, 0.05) is 0 Å². The molecular weight excluding hydrogens is 226 g/mol. The van der Waals surface area contributed by atoms with E-state index in [2.05, 4.69) is 25.5 Å². The van der Waals surface area contributed by atoms with E-state index >= 15 is 0 Å². The summed E-state index contributed by atoms with van der Waals surface area (Å²) in [5.41, 5.74) is 0.0956. The van der Waals surface area contributed by atoms with E-state index in [1.54, 1.807) is 0 Å². The fourth-order valence-electron chi connectivity index (χ4n) is 3.10. The molecule has 3 aliphatic carbocycles. The summed E-state index contributed by atoms with van der Waals surface area (Å²) in [4.78, 5) is 11.8. The van der Waals surface area contributed by atoms with Gasteiger partial charge in [0.2, 0.25) is 15.9 Å². The smallest absolute Gasteiger partial charge is 0.239 e. The summed E-state index contributed by atoms with van der Waals surface area (Å²) < 4.78 is 24.1. The third kappa shape index (κ3) is 1.48. The molecule has 3 rings (SSSR count). The summed E-state index contributed by atoms with van der Waals surface area (Å²) in [6, 6.07) is 0. The fraction of sp³-hybridized carbons (Fsp3) is 0.909. The minimum absolute atomic E-state index is 0.208. The van der Waals surface area contributed by atoms with Crippen LogP contribution in [0.3, 0.4) is 0 Å². The van der Waals surface area contributed by atoms with Crippen LogP contribution in [0.25, 0.3) is 0 Å². The SMILES string of the molecule is CC(C)(C)C12CC(C(=O)NS(C)(=O)=O)(C1)C2. The number of hydrogen-bond donors (Lipinski definition) is 1. The molecule has 0 aliphatic heterocycles. The first-order chi connectivity index (χ1) is 7.00. The van der Waals surface area contributed by atoms with Crippen LogP contribution in [-0.4, -0.2) is 20.6 Å². The van der Waals surface area contributed by atoms with E-state index < -0.39 is 10.0 Å². The Balaban J connectivity index is 2.02. The zero-order valence-electron chi connectivity index (χ0n) is 10.3. The van der Waals surface area contributed by atoms with Gasteiger partial charge < -0.3 is 0 Å².